The van der Waals surface area contributed by atoms with Gasteiger partial charge in [0, 0.05) is 37.4 Å². The fraction of sp³-hybridized carbons (Fsp3) is 0.423. The van der Waals surface area contributed by atoms with Crippen molar-refractivity contribution in [2.45, 2.75) is 58.5 Å². The Morgan fingerprint density at radius 2 is 1.88 bits per heavy atom. The van der Waals surface area contributed by atoms with Crippen molar-refractivity contribution in [3.8, 4) is 0 Å². The van der Waals surface area contributed by atoms with E-state index in [1.54, 1.807) is 11.1 Å². The second kappa shape index (κ2) is 10.3. The summed E-state index contributed by atoms with van der Waals surface area (Å²) in [6, 6.07) is 12.1. The molecule has 34 heavy (non-hydrogen) atoms. The molecule has 8 nitrogen and oxygen atoms in total. The molecule has 3 heterocycles. The van der Waals surface area contributed by atoms with Gasteiger partial charge < -0.3 is 25.4 Å². The third kappa shape index (κ3) is 6.35. The molecule has 1 fully saturated rings. The minimum absolute atomic E-state index is 0.133. The van der Waals surface area contributed by atoms with Crippen molar-refractivity contribution in [2.24, 2.45) is 0 Å². The number of carbonyl (C=O) groups excluding carboxylic acids is 1. The van der Waals surface area contributed by atoms with E-state index in [2.05, 4.69) is 21.4 Å². The lowest BCUT2D eigenvalue weighted by Gasteiger charge is -2.33. The van der Waals surface area contributed by atoms with Crippen molar-refractivity contribution in [3.05, 3.63) is 59.9 Å². The zero-order valence-corrected chi connectivity index (χ0v) is 20.1. The summed E-state index contributed by atoms with van der Waals surface area (Å²) in [5.74, 6) is 1.36. The highest BCUT2D eigenvalue weighted by molar-refractivity contribution is 5.91. The summed E-state index contributed by atoms with van der Waals surface area (Å²) in [5.41, 5.74) is 7.62. The lowest BCUT2D eigenvalue weighted by Crippen LogP contribution is -2.43. The van der Waals surface area contributed by atoms with Crippen LogP contribution in [0, 0.1) is 0 Å². The molecule has 0 aliphatic carbocycles. The van der Waals surface area contributed by atoms with Gasteiger partial charge >= 0.3 is 6.09 Å². The molecule has 0 bridgehead atoms. The number of nitrogens with zero attached hydrogens (tertiary/aromatic N) is 3. The lowest BCUT2D eigenvalue weighted by atomic mass is 10.1. The largest absolute Gasteiger partial charge is 0.444 e. The Labute approximate surface area is 200 Å². The van der Waals surface area contributed by atoms with Crippen molar-refractivity contribution in [2.75, 3.05) is 24.1 Å². The quantitative estimate of drug-likeness (QED) is 0.544. The summed E-state index contributed by atoms with van der Waals surface area (Å²) in [6.45, 7) is 8.12. The number of aromatic nitrogens is 2. The maximum absolute atomic E-state index is 12.2. The standard InChI is InChI=1S/C26H33N5O3/c1-26(2,3)34-25(32)31-12-9-21(10-13-31)33-17-19-5-7-23(30-16-19)29-15-18-4-6-22-20(14-18)8-11-28-24(22)27/h4-8,11,14,16,21H,9-10,12-13,15,17H2,1-3H3,(H2,27,28)(H,29,30). The summed E-state index contributed by atoms with van der Waals surface area (Å²) in [6.07, 6.45) is 5.06. The fourth-order valence-corrected chi connectivity index (χ4v) is 3.91. The first kappa shape index (κ1) is 23.8. The molecular formula is C26H33N5O3. The van der Waals surface area contributed by atoms with Crippen molar-refractivity contribution in [1.82, 2.24) is 14.9 Å². The van der Waals surface area contributed by atoms with E-state index >= 15 is 0 Å². The molecule has 0 saturated carbocycles. The Morgan fingerprint density at radius 3 is 2.59 bits per heavy atom. The Balaban J connectivity index is 1.21. The second-order valence-electron chi connectivity index (χ2n) is 9.63. The zero-order valence-electron chi connectivity index (χ0n) is 20.1. The Hall–Kier alpha value is -3.39. The number of carbonyl (C=O) groups is 1. The van der Waals surface area contributed by atoms with Crippen molar-refractivity contribution >= 4 is 28.5 Å². The summed E-state index contributed by atoms with van der Waals surface area (Å²) in [4.78, 5) is 22.6. The Bertz CT molecular complexity index is 1120. The van der Waals surface area contributed by atoms with Gasteiger partial charge in [-0.1, -0.05) is 18.2 Å². The number of nitrogens with one attached hydrogen (secondary N) is 1. The molecule has 0 radical (unpaired) electrons. The molecule has 0 spiro atoms. The van der Waals surface area contributed by atoms with Crippen LogP contribution >= 0.6 is 0 Å². The molecule has 1 saturated heterocycles. The molecule has 1 aliphatic rings. The van der Waals surface area contributed by atoms with Crippen LogP contribution in [-0.2, 0) is 22.6 Å². The monoisotopic (exact) mass is 463 g/mol. The molecule has 0 atom stereocenters. The number of anilines is 2. The number of ether oxygens (including phenoxy) is 2. The minimum Gasteiger partial charge on any atom is -0.444 e. The van der Waals surface area contributed by atoms with Gasteiger partial charge in [0.05, 0.1) is 12.7 Å². The first-order valence-electron chi connectivity index (χ1n) is 11.7. The average molecular weight is 464 g/mol. The van der Waals surface area contributed by atoms with Crippen LogP contribution in [0.2, 0.25) is 0 Å². The number of fused-ring (bicyclic) bond motifs is 1. The number of piperidine rings is 1. The molecule has 0 unspecified atom stereocenters. The molecule has 1 aliphatic heterocycles. The molecule has 180 valence electrons. The molecule has 3 N–H and O–H groups in total. The second-order valence-corrected chi connectivity index (χ2v) is 9.63. The van der Waals surface area contributed by atoms with Crippen LogP contribution in [0.1, 0.15) is 44.7 Å². The highest BCUT2D eigenvalue weighted by atomic mass is 16.6. The number of hydrogen-bond donors (Lipinski definition) is 2. The predicted octanol–water partition coefficient (Wildman–Crippen LogP) is 4.74. The van der Waals surface area contributed by atoms with E-state index in [1.807, 2.05) is 57.3 Å². The number of nitrogens with two attached hydrogens (primary N) is 1. The van der Waals surface area contributed by atoms with Crippen LogP contribution in [0.3, 0.4) is 0 Å². The number of pyridine rings is 2. The lowest BCUT2D eigenvalue weighted by molar-refractivity contribution is -0.0170. The Kier molecular flexibility index (Phi) is 7.17. The zero-order chi connectivity index (χ0) is 24.1. The van der Waals surface area contributed by atoms with Crippen LogP contribution in [-0.4, -0.2) is 45.8 Å². The number of rotatable bonds is 6. The van der Waals surface area contributed by atoms with Crippen LogP contribution in [0.25, 0.3) is 10.8 Å². The summed E-state index contributed by atoms with van der Waals surface area (Å²) < 4.78 is 11.5. The smallest absolute Gasteiger partial charge is 0.410 e. The van der Waals surface area contributed by atoms with E-state index in [0.717, 1.165) is 40.6 Å². The highest BCUT2D eigenvalue weighted by Crippen LogP contribution is 2.21. The number of hydrogen-bond acceptors (Lipinski definition) is 7. The van der Waals surface area contributed by atoms with Gasteiger partial charge in [0.2, 0.25) is 0 Å². The number of benzene rings is 1. The van der Waals surface area contributed by atoms with Gasteiger partial charge in [-0.25, -0.2) is 14.8 Å². The summed E-state index contributed by atoms with van der Waals surface area (Å²) in [7, 11) is 0. The van der Waals surface area contributed by atoms with E-state index < -0.39 is 5.60 Å². The van der Waals surface area contributed by atoms with Gasteiger partial charge in [0.1, 0.15) is 17.2 Å². The normalized spacial score (nSPS) is 14.9. The van der Waals surface area contributed by atoms with E-state index in [1.165, 1.54) is 0 Å². The molecule has 1 aromatic carbocycles. The van der Waals surface area contributed by atoms with Crippen LogP contribution in [0.15, 0.2) is 48.8 Å². The third-order valence-electron chi connectivity index (χ3n) is 5.74. The topological polar surface area (TPSA) is 103 Å². The molecule has 4 rings (SSSR count). The van der Waals surface area contributed by atoms with Crippen LogP contribution in [0.4, 0.5) is 16.4 Å². The molecule has 1 amide bonds. The third-order valence-corrected chi connectivity index (χ3v) is 5.74. The summed E-state index contributed by atoms with van der Waals surface area (Å²) in [5, 5.41) is 5.39. The molecule has 2 aromatic heterocycles. The van der Waals surface area contributed by atoms with Crippen molar-refractivity contribution < 1.29 is 14.3 Å². The van der Waals surface area contributed by atoms with Crippen LogP contribution in [0.5, 0.6) is 0 Å². The van der Waals surface area contributed by atoms with E-state index in [4.69, 9.17) is 15.2 Å². The first-order chi connectivity index (χ1) is 16.3. The van der Waals surface area contributed by atoms with Gasteiger partial charge in [-0.15, -0.1) is 0 Å². The van der Waals surface area contributed by atoms with Gasteiger partial charge in [0.15, 0.2) is 0 Å². The Morgan fingerprint density at radius 1 is 1.12 bits per heavy atom. The van der Waals surface area contributed by atoms with Gasteiger partial charge in [-0.05, 0) is 68.3 Å². The first-order valence-corrected chi connectivity index (χ1v) is 11.7. The van der Waals surface area contributed by atoms with Gasteiger partial charge in [-0.3, -0.25) is 0 Å². The SMILES string of the molecule is CC(C)(C)OC(=O)N1CCC(OCc2ccc(NCc3ccc4c(N)nccc4c3)nc2)CC1. The van der Waals surface area contributed by atoms with Gasteiger partial charge in [0.25, 0.3) is 0 Å². The van der Waals surface area contributed by atoms with Crippen LogP contribution < -0.4 is 11.1 Å². The van der Waals surface area contributed by atoms with Crippen molar-refractivity contribution in [3.63, 3.8) is 0 Å². The molecule has 3 aromatic rings. The highest BCUT2D eigenvalue weighted by Gasteiger charge is 2.27. The van der Waals surface area contributed by atoms with E-state index in [0.29, 0.717) is 32.1 Å². The molecule has 8 heteroatoms. The van der Waals surface area contributed by atoms with Gasteiger partial charge in [-0.2, -0.15) is 0 Å². The maximum atomic E-state index is 12.2. The summed E-state index contributed by atoms with van der Waals surface area (Å²) >= 11 is 0. The molecular weight excluding hydrogens is 430 g/mol. The van der Waals surface area contributed by atoms with E-state index in [-0.39, 0.29) is 12.2 Å². The maximum Gasteiger partial charge on any atom is 0.410 e. The minimum atomic E-state index is -0.472. The fourth-order valence-electron chi connectivity index (χ4n) is 3.91. The predicted molar refractivity (Wildman–Crippen MR) is 133 cm³/mol. The average Bonchev–Trinajstić information content (AvgIpc) is 2.81. The van der Waals surface area contributed by atoms with E-state index in [9.17, 15) is 4.79 Å². The number of likely N-dealkylation sites (tertiary alicyclic amines) is 1. The van der Waals surface area contributed by atoms with Crippen molar-refractivity contribution in [1.29, 1.82) is 0 Å². The number of nitrogen functional groups attached to an aromatic ring is 1. The number of amides is 1.